The summed E-state index contributed by atoms with van der Waals surface area (Å²) in [5.41, 5.74) is 0. The third-order valence-electron chi connectivity index (χ3n) is 2.33. The summed E-state index contributed by atoms with van der Waals surface area (Å²) in [6.45, 7) is 6.09. The summed E-state index contributed by atoms with van der Waals surface area (Å²) in [5, 5.41) is 13.6. The molecule has 0 heterocycles. The molecule has 1 atom stereocenters. The van der Waals surface area contributed by atoms with Crippen LogP contribution in [0.2, 0.25) is 0 Å². The number of carboxylic acids is 1. The van der Waals surface area contributed by atoms with Gasteiger partial charge in [0.05, 0.1) is 0 Å². The van der Waals surface area contributed by atoms with Crippen molar-refractivity contribution in [1.82, 2.24) is 10.6 Å². The van der Waals surface area contributed by atoms with Gasteiger partial charge in [0, 0.05) is 6.54 Å². The maximum Gasteiger partial charge on any atom is 0.326 e. The summed E-state index contributed by atoms with van der Waals surface area (Å²) < 4.78 is 0. The molecule has 0 fully saturated rings. The number of unbranched alkanes of at least 4 members (excludes halogenated alkanes) is 1. The summed E-state index contributed by atoms with van der Waals surface area (Å²) in [4.78, 5) is 33.7. The highest BCUT2D eigenvalue weighted by molar-refractivity contribution is 6.35. The fourth-order valence-corrected chi connectivity index (χ4v) is 1.38. The lowest BCUT2D eigenvalue weighted by Gasteiger charge is -2.16. The van der Waals surface area contributed by atoms with Gasteiger partial charge in [-0.1, -0.05) is 27.2 Å². The lowest BCUT2D eigenvalue weighted by Crippen LogP contribution is -2.48. The van der Waals surface area contributed by atoms with Crippen LogP contribution in [-0.4, -0.2) is 35.5 Å². The third kappa shape index (κ3) is 6.88. The molecule has 6 nitrogen and oxygen atoms in total. The number of rotatable bonds is 7. The summed E-state index contributed by atoms with van der Waals surface area (Å²) in [6, 6.07) is -1.02. The third-order valence-corrected chi connectivity index (χ3v) is 2.33. The van der Waals surface area contributed by atoms with Crippen LogP contribution >= 0.6 is 0 Å². The molecular formula is C12H22N2O4. The molecule has 0 spiro atoms. The van der Waals surface area contributed by atoms with Crippen LogP contribution in [0.15, 0.2) is 0 Å². The van der Waals surface area contributed by atoms with Crippen molar-refractivity contribution in [2.24, 2.45) is 5.92 Å². The van der Waals surface area contributed by atoms with Crippen molar-refractivity contribution in [3.05, 3.63) is 0 Å². The first-order valence-electron chi connectivity index (χ1n) is 6.20. The highest BCUT2D eigenvalue weighted by Gasteiger charge is 2.24. The van der Waals surface area contributed by atoms with Gasteiger partial charge in [-0.2, -0.15) is 0 Å². The van der Waals surface area contributed by atoms with Gasteiger partial charge in [0.1, 0.15) is 6.04 Å². The summed E-state index contributed by atoms with van der Waals surface area (Å²) in [7, 11) is 0. The molecule has 0 aliphatic heterocycles. The molecule has 0 aromatic rings. The fourth-order valence-electron chi connectivity index (χ4n) is 1.38. The van der Waals surface area contributed by atoms with Gasteiger partial charge in [-0.25, -0.2) is 4.79 Å². The van der Waals surface area contributed by atoms with Crippen LogP contribution in [0.3, 0.4) is 0 Å². The maximum absolute atomic E-state index is 11.4. The molecule has 0 aromatic carbocycles. The number of amides is 2. The van der Waals surface area contributed by atoms with Gasteiger partial charge in [-0.05, 0) is 18.8 Å². The second kappa shape index (κ2) is 8.49. The van der Waals surface area contributed by atoms with Gasteiger partial charge < -0.3 is 15.7 Å². The Balaban J connectivity index is 4.24. The summed E-state index contributed by atoms with van der Waals surface area (Å²) in [5.74, 6) is -2.68. The molecule has 0 aromatic heterocycles. The molecule has 0 radical (unpaired) electrons. The van der Waals surface area contributed by atoms with E-state index >= 15 is 0 Å². The van der Waals surface area contributed by atoms with E-state index in [-0.39, 0.29) is 5.92 Å². The van der Waals surface area contributed by atoms with Crippen molar-refractivity contribution in [2.75, 3.05) is 6.54 Å². The smallest absolute Gasteiger partial charge is 0.326 e. The number of carbonyl (C=O) groups excluding carboxylic acids is 2. The Morgan fingerprint density at radius 2 is 1.78 bits per heavy atom. The van der Waals surface area contributed by atoms with Crippen molar-refractivity contribution >= 4 is 17.8 Å². The standard InChI is InChI=1S/C12H22N2O4/c1-4-5-6-13-10(15)11(16)14-9(12(17)18)7-8(2)3/h8-9H,4-7H2,1-3H3,(H,13,15)(H,14,16)(H,17,18)/t9-/m1/s1. The molecule has 0 aliphatic rings. The van der Waals surface area contributed by atoms with E-state index in [1.165, 1.54) is 0 Å². The van der Waals surface area contributed by atoms with Crippen LogP contribution in [0.25, 0.3) is 0 Å². The second-order valence-electron chi connectivity index (χ2n) is 4.60. The zero-order chi connectivity index (χ0) is 14.1. The summed E-state index contributed by atoms with van der Waals surface area (Å²) >= 11 is 0. The lowest BCUT2D eigenvalue weighted by atomic mass is 10.0. The molecular weight excluding hydrogens is 236 g/mol. The van der Waals surface area contributed by atoms with Gasteiger partial charge in [0.2, 0.25) is 0 Å². The Bertz CT molecular complexity index is 302. The largest absolute Gasteiger partial charge is 0.480 e. The van der Waals surface area contributed by atoms with Gasteiger partial charge in [-0.3, -0.25) is 9.59 Å². The van der Waals surface area contributed by atoms with Crippen LogP contribution < -0.4 is 10.6 Å². The number of carboxylic acid groups (broad SMARTS) is 1. The van der Waals surface area contributed by atoms with Crippen molar-refractivity contribution < 1.29 is 19.5 Å². The number of aliphatic carboxylic acids is 1. The zero-order valence-electron chi connectivity index (χ0n) is 11.2. The number of hydrogen-bond acceptors (Lipinski definition) is 3. The molecule has 0 saturated carbocycles. The van der Waals surface area contributed by atoms with E-state index in [1.807, 2.05) is 20.8 Å². The lowest BCUT2D eigenvalue weighted by molar-refractivity contribution is -0.145. The van der Waals surface area contributed by atoms with Crippen molar-refractivity contribution in [3.8, 4) is 0 Å². The molecule has 3 N–H and O–H groups in total. The Morgan fingerprint density at radius 1 is 1.17 bits per heavy atom. The number of carbonyl (C=O) groups is 3. The minimum atomic E-state index is -1.13. The minimum Gasteiger partial charge on any atom is -0.480 e. The molecule has 2 amide bonds. The first kappa shape index (κ1) is 16.4. The highest BCUT2D eigenvalue weighted by atomic mass is 16.4. The summed E-state index contributed by atoms with van der Waals surface area (Å²) in [6.07, 6.45) is 1.99. The van der Waals surface area contributed by atoms with Gasteiger partial charge in [-0.15, -0.1) is 0 Å². The number of nitrogens with one attached hydrogen (secondary N) is 2. The zero-order valence-corrected chi connectivity index (χ0v) is 11.2. The van der Waals surface area contributed by atoms with E-state index in [1.54, 1.807) is 0 Å². The second-order valence-corrected chi connectivity index (χ2v) is 4.60. The Labute approximate surface area is 107 Å². The van der Waals surface area contributed by atoms with E-state index in [9.17, 15) is 14.4 Å². The quantitative estimate of drug-likeness (QED) is 0.458. The maximum atomic E-state index is 11.4. The van der Waals surface area contributed by atoms with Crippen LogP contribution in [-0.2, 0) is 14.4 Å². The van der Waals surface area contributed by atoms with Gasteiger partial charge in [0.15, 0.2) is 0 Å². The monoisotopic (exact) mass is 258 g/mol. The Kier molecular flexibility index (Phi) is 7.74. The van der Waals surface area contributed by atoms with Crippen molar-refractivity contribution in [3.63, 3.8) is 0 Å². The highest BCUT2D eigenvalue weighted by Crippen LogP contribution is 2.04. The van der Waals surface area contributed by atoms with Crippen molar-refractivity contribution in [1.29, 1.82) is 0 Å². The fraction of sp³-hybridized carbons (Fsp3) is 0.750. The SMILES string of the molecule is CCCCNC(=O)C(=O)N[C@H](CC(C)C)C(=O)O. The Morgan fingerprint density at radius 3 is 2.22 bits per heavy atom. The van der Waals surface area contributed by atoms with E-state index in [2.05, 4.69) is 10.6 Å². The minimum absolute atomic E-state index is 0.120. The molecule has 0 unspecified atom stereocenters. The molecule has 104 valence electrons. The molecule has 6 heteroatoms. The molecule has 0 saturated heterocycles. The molecule has 0 rings (SSSR count). The average Bonchev–Trinajstić information content (AvgIpc) is 2.27. The predicted molar refractivity (Wildman–Crippen MR) is 66.9 cm³/mol. The van der Waals surface area contributed by atoms with Crippen LogP contribution in [0.1, 0.15) is 40.0 Å². The van der Waals surface area contributed by atoms with E-state index in [0.29, 0.717) is 13.0 Å². The van der Waals surface area contributed by atoms with Crippen LogP contribution in [0.4, 0.5) is 0 Å². The van der Waals surface area contributed by atoms with Crippen LogP contribution in [0.5, 0.6) is 0 Å². The van der Waals surface area contributed by atoms with Gasteiger partial charge in [0.25, 0.3) is 0 Å². The van der Waals surface area contributed by atoms with E-state index in [0.717, 1.165) is 12.8 Å². The predicted octanol–water partition coefficient (Wildman–Crippen LogP) is 0.518. The van der Waals surface area contributed by atoms with Crippen molar-refractivity contribution in [2.45, 2.75) is 46.1 Å². The molecule has 0 aliphatic carbocycles. The first-order valence-corrected chi connectivity index (χ1v) is 6.20. The average molecular weight is 258 g/mol. The normalized spacial score (nSPS) is 12.0. The number of hydrogen-bond donors (Lipinski definition) is 3. The van der Waals surface area contributed by atoms with E-state index in [4.69, 9.17) is 5.11 Å². The molecule has 0 bridgehead atoms. The first-order chi connectivity index (χ1) is 8.38. The van der Waals surface area contributed by atoms with Gasteiger partial charge >= 0.3 is 17.8 Å². The van der Waals surface area contributed by atoms with Crippen LogP contribution in [0, 0.1) is 5.92 Å². The Hall–Kier alpha value is -1.59. The topological polar surface area (TPSA) is 95.5 Å². The molecule has 18 heavy (non-hydrogen) atoms. The van der Waals surface area contributed by atoms with E-state index < -0.39 is 23.8 Å².